The number of carbonyl (C=O) groups excluding carboxylic acids is 1. The first-order valence-electron chi connectivity index (χ1n) is 9.30. The Morgan fingerprint density at radius 1 is 1.21 bits per heavy atom. The van der Waals surface area contributed by atoms with Gasteiger partial charge in [-0.25, -0.2) is 0 Å². The Balaban J connectivity index is 1.75. The highest BCUT2D eigenvalue weighted by atomic mass is 32.1. The van der Waals surface area contributed by atoms with Crippen molar-refractivity contribution < 1.29 is 18.3 Å². The molecule has 1 aromatic heterocycles. The summed E-state index contributed by atoms with van der Waals surface area (Å²) in [6, 6.07) is 4.76. The molecule has 2 aromatic rings. The number of amides is 1. The van der Waals surface area contributed by atoms with E-state index >= 15 is 0 Å². The molecule has 1 aliphatic rings. The second kappa shape index (κ2) is 9.17. The number of benzene rings is 1. The first-order valence-corrected chi connectivity index (χ1v) is 9.70. The lowest BCUT2D eigenvalue weighted by molar-refractivity contribution is -0.0493. The molecule has 0 spiro atoms. The Hall–Kier alpha value is -2.75. The fourth-order valence-corrected chi connectivity index (χ4v) is 3.47. The molecule has 0 saturated carbocycles. The van der Waals surface area contributed by atoms with Gasteiger partial charge in [0.1, 0.15) is 11.4 Å². The van der Waals surface area contributed by atoms with Crippen molar-refractivity contribution in [1.29, 1.82) is 0 Å². The van der Waals surface area contributed by atoms with Crippen LogP contribution in [0, 0.1) is 6.92 Å². The molecule has 1 aliphatic heterocycles. The molecule has 0 aliphatic carbocycles. The van der Waals surface area contributed by atoms with Crippen molar-refractivity contribution in [3.05, 3.63) is 35.7 Å². The molecule has 3 rings (SSSR count). The third-order valence-electron chi connectivity index (χ3n) is 4.63. The minimum Gasteiger partial charge on any atom is -0.433 e. The summed E-state index contributed by atoms with van der Waals surface area (Å²) >= 11 is 5.32. The summed E-state index contributed by atoms with van der Waals surface area (Å²) in [7, 11) is 1.69. The van der Waals surface area contributed by atoms with Crippen LogP contribution in [0.2, 0.25) is 0 Å². The summed E-state index contributed by atoms with van der Waals surface area (Å²) in [6.45, 7) is 0.296. The number of nitrogens with one attached hydrogen (secondary N) is 2. The number of rotatable bonds is 5. The number of nitrogens with zero attached hydrogens (tertiary/aromatic N) is 3. The van der Waals surface area contributed by atoms with Gasteiger partial charge in [0.15, 0.2) is 5.11 Å². The fraction of sp³-hybridized carbons (Fsp3) is 0.421. The number of hydrogen-bond acceptors (Lipinski definition) is 4. The molecule has 0 atom stereocenters. The average Bonchev–Trinajstić information content (AvgIpc) is 3.03. The van der Waals surface area contributed by atoms with Crippen molar-refractivity contribution in [2.24, 2.45) is 7.05 Å². The van der Waals surface area contributed by atoms with Crippen molar-refractivity contribution in [2.75, 3.05) is 23.7 Å². The van der Waals surface area contributed by atoms with E-state index in [9.17, 15) is 13.6 Å². The van der Waals surface area contributed by atoms with Crippen molar-refractivity contribution in [3.8, 4) is 5.75 Å². The molecule has 0 unspecified atom stereocenters. The number of piperidine rings is 1. The van der Waals surface area contributed by atoms with Crippen LogP contribution in [0.15, 0.2) is 24.4 Å². The van der Waals surface area contributed by atoms with Crippen LogP contribution in [0.1, 0.15) is 35.3 Å². The third kappa shape index (κ3) is 5.20. The first-order chi connectivity index (χ1) is 13.8. The summed E-state index contributed by atoms with van der Waals surface area (Å²) in [5, 5.41) is 10.1. The highest BCUT2D eigenvalue weighted by Crippen LogP contribution is 2.28. The number of halogens is 2. The van der Waals surface area contributed by atoms with Gasteiger partial charge in [-0.15, -0.1) is 0 Å². The van der Waals surface area contributed by atoms with Crippen molar-refractivity contribution in [3.63, 3.8) is 0 Å². The zero-order valence-electron chi connectivity index (χ0n) is 16.2. The standard InChI is InChI=1S/C19H23F2N5O2S/c1-12-6-7-15(28-18(20)21)13(10-12)23-19(29)24-14-11-22-25(2)16(14)17(27)26-8-4-3-5-9-26/h6-7,10-11,18H,3-5,8-9H2,1-2H3,(H2,23,24,29). The fourth-order valence-electron chi connectivity index (χ4n) is 3.25. The normalized spacial score (nSPS) is 14.0. The van der Waals surface area contributed by atoms with Crippen LogP contribution in [0.25, 0.3) is 0 Å². The van der Waals surface area contributed by atoms with Crippen LogP contribution in [0.4, 0.5) is 20.2 Å². The zero-order chi connectivity index (χ0) is 21.0. The van der Waals surface area contributed by atoms with Crippen LogP contribution >= 0.6 is 12.2 Å². The number of alkyl halides is 2. The van der Waals surface area contributed by atoms with E-state index in [1.165, 1.54) is 16.9 Å². The maximum Gasteiger partial charge on any atom is 0.387 e. The Morgan fingerprint density at radius 2 is 1.90 bits per heavy atom. The summed E-state index contributed by atoms with van der Waals surface area (Å²) in [5.74, 6) is -0.141. The van der Waals surface area contributed by atoms with E-state index in [4.69, 9.17) is 12.2 Å². The van der Waals surface area contributed by atoms with Crippen LogP contribution in [0.5, 0.6) is 5.75 Å². The molecular formula is C19H23F2N5O2S. The Morgan fingerprint density at radius 3 is 2.59 bits per heavy atom. The Kier molecular flexibility index (Phi) is 6.63. The molecule has 0 radical (unpaired) electrons. The van der Waals surface area contributed by atoms with E-state index in [0.717, 1.165) is 24.8 Å². The van der Waals surface area contributed by atoms with Gasteiger partial charge in [0.25, 0.3) is 5.91 Å². The van der Waals surface area contributed by atoms with E-state index in [0.29, 0.717) is 30.2 Å². The van der Waals surface area contributed by atoms with Crippen molar-refractivity contribution >= 4 is 34.6 Å². The van der Waals surface area contributed by atoms with E-state index < -0.39 is 6.61 Å². The molecule has 7 nitrogen and oxygen atoms in total. The van der Waals surface area contributed by atoms with Gasteiger partial charge in [0.2, 0.25) is 0 Å². The van der Waals surface area contributed by atoms with Gasteiger partial charge in [0.05, 0.1) is 17.6 Å². The number of aromatic nitrogens is 2. The number of thiocarbonyl (C=S) groups is 1. The lowest BCUT2D eigenvalue weighted by Gasteiger charge is -2.27. The van der Waals surface area contributed by atoms with Gasteiger partial charge in [-0.05, 0) is 56.1 Å². The summed E-state index contributed by atoms with van der Waals surface area (Å²) in [6.07, 6.45) is 4.59. The van der Waals surface area contributed by atoms with E-state index in [1.54, 1.807) is 24.1 Å². The highest BCUT2D eigenvalue weighted by Gasteiger charge is 2.24. The van der Waals surface area contributed by atoms with Gasteiger partial charge in [-0.3, -0.25) is 9.48 Å². The van der Waals surface area contributed by atoms with Gasteiger partial charge < -0.3 is 20.3 Å². The molecule has 1 aromatic carbocycles. The van der Waals surface area contributed by atoms with Crippen LogP contribution in [0.3, 0.4) is 0 Å². The minimum absolute atomic E-state index is 0.0226. The maximum absolute atomic E-state index is 12.9. The van der Waals surface area contributed by atoms with Gasteiger partial charge in [-0.1, -0.05) is 6.07 Å². The van der Waals surface area contributed by atoms with Crippen LogP contribution in [-0.4, -0.2) is 45.4 Å². The molecule has 2 N–H and O–H groups in total. The second-order valence-corrected chi connectivity index (χ2v) is 7.25. The molecule has 29 heavy (non-hydrogen) atoms. The second-order valence-electron chi connectivity index (χ2n) is 6.84. The number of likely N-dealkylation sites (tertiary alicyclic amines) is 1. The average molecular weight is 423 g/mol. The molecule has 0 bridgehead atoms. The van der Waals surface area contributed by atoms with Gasteiger partial charge in [-0.2, -0.15) is 13.9 Å². The largest absolute Gasteiger partial charge is 0.433 e. The lowest BCUT2D eigenvalue weighted by Crippen LogP contribution is -2.37. The number of anilines is 2. The van der Waals surface area contributed by atoms with Crippen LogP contribution in [-0.2, 0) is 7.05 Å². The Bertz CT molecular complexity index is 897. The monoisotopic (exact) mass is 423 g/mol. The quantitative estimate of drug-likeness (QED) is 0.714. The minimum atomic E-state index is -2.95. The number of carbonyl (C=O) groups is 1. The third-order valence-corrected chi connectivity index (χ3v) is 4.84. The predicted molar refractivity (Wildman–Crippen MR) is 111 cm³/mol. The maximum atomic E-state index is 12.9. The van der Waals surface area contributed by atoms with E-state index in [1.807, 2.05) is 6.92 Å². The summed E-state index contributed by atoms with van der Waals surface area (Å²) in [5.41, 5.74) is 1.99. The SMILES string of the molecule is Cc1ccc(OC(F)F)c(NC(=S)Nc2cnn(C)c2C(=O)N2CCCCC2)c1. The van der Waals surface area contributed by atoms with Gasteiger partial charge in [0, 0.05) is 20.1 Å². The topological polar surface area (TPSA) is 71.4 Å². The van der Waals surface area contributed by atoms with Crippen molar-refractivity contribution in [1.82, 2.24) is 14.7 Å². The van der Waals surface area contributed by atoms with E-state index in [2.05, 4.69) is 20.5 Å². The molecule has 10 heteroatoms. The molecule has 2 heterocycles. The van der Waals surface area contributed by atoms with E-state index in [-0.39, 0.29) is 16.8 Å². The van der Waals surface area contributed by atoms with Crippen molar-refractivity contribution in [2.45, 2.75) is 32.8 Å². The Labute approximate surface area is 173 Å². The zero-order valence-corrected chi connectivity index (χ0v) is 17.1. The molecule has 1 saturated heterocycles. The molecule has 1 amide bonds. The first kappa shape index (κ1) is 21.0. The molecular weight excluding hydrogens is 400 g/mol. The summed E-state index contributed by atoms with van der Waals surface area (Å²) in [4.78, 5) is 14.7. The molecule has 1 fully saturated rings. The van der Waals surface area contributed by atoms with Gasteiger partial charge >= 0.3 is 6.61 Å². The smallest absolute Gasteiger partial charge is 0.387 e. The van der Waals surface area contributed by atoms with Crippen LogP contribution < -0.4 is 15.4 Å². The number of ether oxygens (including phenoxy) is 1. The number of aryl methyl sites for hydroxylation is 2. The summed E-state index contributed by atoms with van der Waals surface area (Å²) < 4.78 is 31.3. The predicted octanol–water partition coefficient (Wildman–Crippen LogP) is 3.76. The lowest BCUT2D eigenvalue weighted by atomic mass is 10.1. The number of hydrogen-bond donors (Lipinski definition) is 2. The highest BCUT2D eigenvalue weighted by molar-refractivity contribution is 7.80. The molecule has 156 valence electrons.